The van der Waals surface area contributed by atoms with Crippen molar-refractivity contribution >= 4 is 11.4 Å². The number of aryl methyl sites for hydroxylation is 3. The predicted octanol–water partition coefficient (Wildman–Crippen LogP) is 6.59. The van der Waals surface area contributed by atoms with Crippen LogP contribution in [-0.4, -0.2) is 15.8 Å². The molecule has 0 saturated carbocycles. The molecule has 0 spiro atoms. The molecule has 0 aliphatic rings. The molecule has 4 heteroatoms. The third-order valence-corrected chi connectivity index (χ3v) is 4.56. The van der Waals surface area contributed by atoms with Crippen LogP contribution in [0.1, 0.15) is 58.2 Å². The highest BCUT2D eigenvalue weighted by molar-refractivity contribution is 5.77. The van der Waals surface area contributed by atoms with Crippen LogP contribution < -0.4 is 5.06 Å². The maximum absolute atomic E-state index is 12.9. The molecule has 0 fully saturated rings. The monoisotopic (exact) mass is 368 g/mol. The normalized spacial score (nSPS) is 12.2. The Kier molecular flexibility index (Phi) is 5.53. The van der Waals surface area contributed by atoms with Gasteiger partial charge in [0.2, 0.25) is 5.54 Å². The zero-order valence-electron chi connectivity index (χ0n) is 18.1. The van der Waals surface area contributed by atoms with Gasteiger partial charge in [-0.05, 0) is 69.9 Å². The van der Waals surface area contributed by atoms with E-state index in [0.29, 0.717) is 11.4 Å². The van der Waals surface area contributed by atoms with Crippen molar-refractivity contribution in [3.63, 3.8) is 0 Å². The largest absolute Gasteiger partial charge is 0.758 e. The minimum Gasteiger partial charge on any atom is -0.758 e. The molecule has 0 aromatic heterocycles. The number of nitroso groups, excluding NO2 is 1. The van der Waals surface area contributed by atoms with Crippen LogP contribution in [0.2, 0.25) is 0 Å². The first-order chi connectivity index (χ1) is 12.2. The van der Waals surface area contributed by atoms with Crippen LogP contribution in [0.4, 0.5) is 11.4 Å². The maximum atomic E-state index is 12.9. The van der Waals surface area contributed by atoms with Gasteiger partial charge in [-0.1, -0.05) is 17.7 Å². The van der Waals surface area contributed by atoms with Gasteiger partial charge >= 0.3 is 0 Å². The molecule has 0 unspecified atom stereocenters. The first kappa shape index (κ1) is 21.1. The molecule has 0 saturated heterocycles. The summed E-state index contributed by atoms with van der Waals surface area (Å²) in [6, 6.07) is 9.74. The van der Waals surface area contributed by atoms with E-state index in [4.69, 9.17) is 0 Å². The fourth-order valence-corrected chi connectivity index (χ4v) is 3.38. The van der Waals surface area contributed by atoms with Gasteiger partial charge in [0.05, 0.1) is 0 Å². The van der Waals surface area contributed by atoms with Gasteiger partial charge < -0.3 is 10.3 Å². The van der Waals surface area contributed by atoms with Crippen molar-refractivity contribution in [1.29, 1.82) is 0 Å². The number of hydrogen-bond acceptors (Lipinski definition) is 3. The molecule has 2 rings (SSSR count). The minimum absolute atomic E-state index is 0.500. The van der Waals surface area contributed by atoms with Gasteiger partial charge in [0.1, 0.15) is 0 Å². The van der Waals surface area contributed by atoms with Crippen molar-refractivity contribution in [3.8, 4) is 11.1 Å². The molecule has 2 aromatic carbocycles. The lowest BCUT2D eigenvalue weighted by molar-refractivity contribution is -0.540. The third-order valence-electron chi connectivity index (χ3n) is 4.56. The summed E-state index contributed by atoms with van der Waals surface area (Å²) in [5.74, 6) is 0. The second kappa shape index (κ2) is 7.08. The van der Waals surface area contributed by atoms with Crippen LogP contribution in [0.3, 0.4) is 0 Å². The van der Waals surface area contributed by atoms with E-state index in [1.165, 1.54) is 5.56 Å². The lowest BCUT2D eigenvalue weighted by Gasteiger charge is -2.43. The quantitative estimate of drug-likeness (QED) is 0.453. The number of rotatable bonds is 3. The molecule has 0 bridgehead atoms. The Morgan fingerprint density at radius 3 is 1.81 bits per heavy atom. The van der Waals surface area contributed by atoms with Gasteiger partial charge in [0.25, 0.3) is 5.69 Å². The van der Waals surface area contributed by atoms with E-state index in [0.717, 1.165) is 32.1 Å². The average molecular weight is 369 g/mol. The first-order valence-corrected chi connectivity index (χ1v) is 9.40. The Bertz CT molecular complexity index is 848. The number of anilines is 1. The summed E-state index contributed by atoms with van der Waals surface area (Å²) in [6.45, 7) is 17.4. The molecule has 4 nitrogen and oxygen atoms in total. The second-order valence-electron chi connectivity index (χ2n) is 9.44. The molecule has 146 valence electrons. The molecule has 0 N–H and O–H groups in total. The molecular formula is C23H32N2O2. The van der Waals surface area contributed by atoms with Crippen molar-refractivity contribution in [2.24, 2.45) is 0 Å². The molecule has 0 aliphatic heterocycles. The van der Waals surface area contributed by atoms with Gasteiger partial charge in [-0.2, -0.15) is 0 Å². The van der Waals surface area contributed by atoms with Gasteiger partial charge in [0, 0.05) is 53.8 Å². The topological polar surface area (TPSA) is 46.4 Å². The maximum Gasteiger partial charge on any atom is 0.259 e. The summed E-state index contributed by atoms with van der Waals surface area (Å²) in [5, 5.41) is 13.9. The van der Waals surface area contributed by atoms with Crippen molar-refractivity contribution in [2.75, 3.05) is 5.06 Å². The Labute approximate surface area is 163 Å². The fourth-order valence-electron chi connectivity index (χ4n) is 3.38. The van der Waals surface area contributed by atoms with E-state index in [2.05, 4.69) is 32.9 Å². The lowest BCUT2D eigenvalue weighted by atomic mass is 9.92. The molecule has 2 aromatic rings. The molecule has 27 heavy (non-hydrogen) atoms. The Hall–Kier alpha value is -2.20. The van der Waals surface area contributed by atoms with Crippen LogP contribution in [0.25, 0.3) is 11.1 Å². The molecule has 0 atom stereocenters. The summed E-state index contributed by atoms with van der Waals surface area (Å²) in [7, 11) is 0. The molecule has 0 aliphatic carbocycles. The molecule has 0 heterocycles. The number of benzene rings is 2. The third kappa shape index (κ3) is 4.56. The first-order valence-electron chi connectivity index (χ1n) is 9.40. The highest BCUT2D eigenvalue weighted by atomic mass is 16.5. The summed E-state index contributed by atoms with van der Waals surface area (Å²) in [6.07, 6.45) is 0. The van der Waals surface area contributed by atoms with E-state index in [-0.39, 0.29) is 0 Å². The van der Waals surface area contributed by atoms with Crippen LogP contribution in [0.5, 0.6) is 0 Å². The van der Waals surface area contributed by atoms with Gasteiger partial charge in [-0.15, -0.1) is 0 Å². The van der Waals surface area contributed by atoms with Crippen LogP contribution in [0, 0.1) is 30.9 Å². The van der Waals surface area contributed by atoms with Crippen molar-refractivity contribution in [2.45, 2.75) is 73.4 Å². The molecule has 0 amide bonds. The predicted molar refractivity (Wildman–Crippen MR) is 115 cm³/mol. The minimum atomic E-state index is -0.595. The van der Waals surface area contributed by atoms with Gasteiger partial charge in [0.15, 0.2) is 0 Å². The van der Waals surface area contributed by atoms with E-state index in [1.54, 1.807) is 6.07 Å². The zero-order chi connectivity index (χ0) is 20.7. The van der Waals surface area contributed by atoms with Gasteiger partial charge in [-0.3, -0.25) is 0 Å². The highest BCUT2D eigenvalue weighted by Gasteiger charge is 2.32. The van der Waals surface area contributed by atoms with Crippen LogP contribution >= 0.6 is 0 Å². The number of hydroxylamine groups is 1. The number of nitrogens with zero attached hydrogens (tertiary/aromatic N) is 2. The van der Waals surface area contributed by atoms with Crippen LogP contribution in [0.15, 0.2) is 30.3 Å². The van der Waals surface area contributed by atoms with Crippen molar-refractivity contribution < 1.29 is 4.76 Å². The molecular weight excluding hydrogens is 336 g/mol. The van der Waals surface area contributed by atoms with Crippen LogP contribution in [-0.2, 0) is 0 Å². The fraction of sp³-hybridized carbons (Fsp3) is 0.478. The smallest absolute Gasteiger partial charge is 0.259 e. The van der Waals surface area contributed by atoms with E-state index < -0.39 is 11.1 Å². The van der Waals surface area contributed by atoms with Crippen molar-refractivity contribution in [1.82, 2.24) is 0 Å². The average Bonchev–Trinajstić information content (AvgIpc) is 2.50. The summed E-state index contributed by atoms with van der Waals surface area (Å²) >= 11 is 0. The second-order valence-corrected chi connectivity index (χ2v) is 9.44. The SMILES string of the molecule is Cc1cc(C)c(-c2cc(N([O-])C(C)(C)C)cc([N+](=O)C(C)(C)C)c2)c(C)c1. The highest BCUT2D eigenvalue weighted by Crippen LogP contribution is 2.37. The Morgan fingerprint density at radius 2 is 1.37 bits per heavy atom. The van der Waals surface area contributed by atoms with Gasteiger partial charge in [-0.25, -0.2) is 0 Å². The lowest BCUT2D eigenvalue weighted by Crippen LogP contribution is -2.36. The van der Waals surface area contributed by atoms with E-state index in [1.807, 2.05) is 53.7 Å². The standard InChI is InChI=1S/C23H32N2O2/c1-15-10-16(2)21(17(3)11-15)18-12-19(24(26)22(4,5)6)14-20(13-18)25(27)23(7,8)9/h10-14H,1-9H3. The van der Waals surface area contributed by atoms with E-state index >= 15 is 0 Å². The summed E-state index contributed by atoms with van der Waals surface area (Å²) in [5.41, 5.74) is 5.25. The zero-order valence-corrected chi connectivity index (χ0v) is 18.1. The van der Waals surface area contributed by atoms with E-state index in [9.17, 15) is 10.1 Å². The summed E-state index contributed by atoms with van der Waals surface area (Å²) in [4.78, 5) is 12.9. The van der Waals surface area contributed by atoms with Crippen molar-refractivity contribution in [3.05, 3.63) is 57.1 Å². The molecule has 0 radical (unpaired) electrons. The Balaban J connectivity index is 2.77. The Morgan fingerprint density at radius 1 is 0.852 bits per heavy atom. The summed E-state index contributed by atoms with van der Waals surface area (Å²) < 4.78 is 0.982. The number of hydrogen-bond donors (Lipinski definition) is 0.